The van der Waals surface area contributed by atoms with E-state index in [1.54, 1.807) is 23.8 Å². The quantitative estimate of drug-likeness (QED) is 0.651. The first-order valence-electron chi connectivity index (χ1n) is 3.18. The lowest BCUT2D eigenvalue weighted by molar-refractivity contribution is 0.521. The highest BCUT2D eigenvalue weighted by Gasteiger charge is 2.03. The fraction of sp³-hybridized carbons (Fsp3) is 0.143. The lowest BCUT2D eigenvalue weighted by Crippen LogP contribution is -1.74. The molecule has 3 nitrogen and oxygen atoms in total. The Morgan fingerprint density at radius 3 is 3.00 bits per heavy atom. The summed E-state index contributed by atoms with van der Waals surface area (Å²) in [5.41, 5.74) is 0.817. The maximum Gasteiger partial charge on any atom is 0.191 e. The van der Waals surface area contributed by atoms with Gasteiger partial charge in [-0.1, -0.05) is 0 Å². The standard InChI is InChI=1S/C7H6N2OS/c1-5-9-6(4-10-5)7-8-2-3-11-7/h2-4H,1H3. The summed E-state index contributed by atoms with van der Waals surface area (Å²) < 4.78 is 5.04. The highest BCUT2D eigenvalue weighted by molar-refractivity contribution is 7.13. The van der Waals surface area contributed by atoms with E-state index in [9.17, 15) is 0 Å². The topological polar surface area (TPSA) is 38.9 Å². The third-order valence-corrected chi connectivity index (χ3v) is 2.07. The van der Waals surface area contributed by atoms with Crippen molar-refractivity contribution in [3.8, 4) is 10.7 Å². The van der Waals surface area contributed by atoms with Crippen LogP contribution in [0.4, 0.5) is 0 Å². The molecule has 0 bridgehead atoms. The van der Waals surface area contributed by atoms with Crippen LogP contribution in [0.25, 0.3) is 10.7 Å². The Labute approximate surface area is 67.7 Å². The van der Waals surface area contributed by atoms with Gasteiger partial charge in [-0.25, -0.2) is 9.97 Å². The second-order valence-corrected chi connectivity index (χ2v) is 2.98. The highest BCUT2D eigenvalue weighted by Crippen LogP contribution is 2.19. The van der Waals surface area contributed by atoms with Gasteiger partial charge in [0.1, 0.15) is 17.0 Å². The van der Waals surface area contributed by atoms with Gasteiger partial charge in [0.25, 0.3) is 0 Å². The number of aryl methyl sites for hydroxylation is 1. The second-order valence-electron chi connectivity index (χ2n) is 2.09. The van der Waals surface area contributed by atoms with Gasteiger partial charge in [0.15, 0.2) is 5.89 Å². The first-order valence-corrected chi connectivity index (χ1v) is 4.06. The summed E-state index contributed by atoms with van der Waals surface area (Å²) in [7, 11) is 0. The summed E-state index contributed by atoms with van der Waals surface area (Å²) in [5, 5.41) is 2.82. The zero-order valence-electron chi connectivity index (χ0n) is 5.94. The number of thiazole rings is 1. The minimum Gasteiger partial charge on any atom is -0.449 e. The Hall–Kier alpha value is -1.16. The van der Waals surface area contributed by atoms with E-state index in [4.69, 9.17) is 4.42 Å². The van der Waals surface area contributed by atoms with Crippen molar-refractivity contribution in [2.75, 3.05) is 0 Å². The molecule has 0 aliphatic heterocycles. The molecule has 2 heterocycles. The average molecular weight is 166 g/mol. The first-order chi connectivity index (χ1) is 5.36. The smallest absolute Gasteiger partial charge is 0.191 e. The molecule has 0 aromatic carbocycles. The van der Waals surface area contributed by atoms with E-state index in [1.165, 1.54) is 0 Å². The van der Waals surface area contributed by atoms with Gasteiger partial charge in [-0.2, -0.15) is 0 Å². The van der Waals surface area contributed by atoms with E-state index < -0.39 is 0 Å². The Kier molecular flexibility index (Phi) is 1.47. The number of nitrogens with zero attached hydrogens (tertiary/aromatic N) is 2. The Bertz CT molecular complexity index is 339. The van der Waals surface area contributed by atoms with Crippen molar-refractivity contribution in [2.45, 2.75) is 6.92 Å². The molecule has 2 aromatic heterocycles. The van der Waals surface area contributed by atoms with Crippen LogP contribution in [-0.2, 0) is 0 Å². The molecule has 0 amide bonds. The average Bonchev–Trinajstić information content (AvgIpc) is 2.55. The number of aromatic nitrogens is 2. The fourth-order valence-electron chi connectivity index (χ4n) is 0.812. The molecule has 4 heteroatoms. The fourth-order valence-corrected chi connectivity index (χ4v) is 1.40. The summed E-state index contributed by atoms with van der Waals surface area (Å²) in [4.78, 5) is 8.23. The third kappa shape index (κ3) is 1.17. The first kappa shape index (κ1) is 6.54. The van der Waals surface area contributed by atoms with Gasteiger partial charge in [-0.05, 0) is 0 Å². The zero-order valence-corrected chi connectivity index (χ0v) is 6.76. The van der Waals surface area contributed by atoms with Crippen LogP contribution in [0.1, 0.15) is 5.89 Å². The largest absolute Gasteiger partial charge is 0.449 e. The van der Waals surface area contributed by atoms with Crippen LogP contribution in [0.3, 0.4) is 0 Å². The Morgan fingerprint density at radius 2 is 2.45 bits per heavy atom. The van der Waals surface area contributed by atoms with Crippen molar-refractivity contribution >= 4 is 11.3 Å². The van der Waals surface area contributed by atoms with E-state index in [0.717, 1.165) is 10.7 Å². The number of hydrogen-bond acceptors (Lipinski definition) is 4. The van der Waals surface area contributed by atoms with Crippen molar-refractivity contribution in [1.82, 2.24) is 9.97 Å². The molecule has 56 valence electrons. The van der Waals surface area contributed by atoms with Crippen molar-refractivity contribution in [3.05, 3.63) is 23.7 Å². The van der Waals surface area contributed by atoms with Crippen LogP contribution in [0, 0.1) is 6.92 Å². The van der Waals surface area contributed by atoms with Crippen molar-refractivity contribution in [2.24, 2.45) is 0 Å². The molecule has 0 atom stereocenters. The van der Waals surface area contributed by atoms with E-state index in [0.29, 0.717) is 5.89 Å². The molecule has 0 fully saturated rings. The summed E-state index contributed by atoms with van der Waals surface area (Å²) >= 11 is 1.56. The third-order valence-electron chi connectivity index (χ3n) is 1.27. The number of oxazole rings is 1. The molecular weight excluding hydrogens is 160 g/mol. The van der Waals surface area contributed by atoms with Gasteiger partial charge in [0.05, 0.1) is 0 Å². The van der Waals surface area contributed by atoms with Crippen LogP contribution < -0.4 is 0 Å². The van der Waals surface area contributed by atoms with E-state index >= 15 is 0 Å². The molecule has 0 aliphatic rings. The minimum atomic E-state index is 0.676. The molecule has 0 N–H and O–H groups in total. The minimum absolute atomic E-state index is 0.676. The van der Waals surface area contributed by atoms with Gasteiger partial charge in [-0.15, -0.1) is 11.3 Å². The van der Waals surface area contributed by atoms with Crippen molar-refractivity contribution in [3.63, 3.8) is 0 Å². The Balaban J connectivity index is 2.45. The van der Waals surface area contributed by atoms with Crippen LogP contribution in [-0.4, -0.2) is 9.97 Å². The van der Waals surface area contributed by atoms with Crippen LogP contribution in [0.5, 0.6) is 0 Å². The molecule has 11 heavy (non-hydrogen) atoms. The van der Waals surface area contributed by atoms with E-state index in [1.807, 2.05) is 12.3 Å². The van der Waals surface area contributed by atoms with E-state index in [-0.39, 0.29) is 0 Å². The second kappa shape index (κ2) is 2.47. The SMILES string of the molecule is Cc1nc(-c2nccs2)co1. The van der Waals surface area contributed by atoms with Gasteiger partial charge >= 0.3 is 0 Å². The zero-order chi connectivity index (χ0) is 7.68. The van der Waals surface area contributed by atoms with Gasteiger partial charge in [0.2, 0.25) is 0 Å². The summed E-state index contributed by atoms with van der Waals surface area (Å²) in [5.74, 6) is 0.676. The molecular formula is C7H6N2OS. The molecule has 0 aliphatic carbocycles. The molecule has 0 radical (unpaired) electrons. The van der Waals surface area contributed by atoms with Crippen LogP contribution in [0.15, 0.2) is 22.3 Å². The number of hydrogen-bond donors (Lipinski definition) is 0. The number of rotatable bonds is 1. The molecule has 0 spiro atoms. The maximum absolute atomic E-state index is 5.04. The molecule has 2 rings (SSSR count). The van der Waals surface area contributed by atoms with Gasteiger partial charge in [-0.3, -0.25) is 0 Å². The lowest BCUT2D eigenvalue weighted by Gasteiger charge is -1.81. The lowest BCUT2D eigenvalue weighted by atomic mass is 10.5. The summed E-state index contributed by atoms with van der Waals surface area (Å²) in [6, 6.07) is 0. The molecule has 0 saturated heterocycles. The summed E-state index contributed by atoms with van der Waals surface area (Å²) in [6.45, 7) is 1.82. The van der Waals surface area contributed by atoms with Crippen LogP contribution >= 0.6 is 11.3 Å². The van der Waals surface area contributed by atoms with E-state index in [2.05, 4.69) is 9.97 Å². The highest BCUT2D eigenvalue weighted by atomic mass is 32.1. The van der Waals surface area contributed by atoms with Gasteiger partial charge < -0.3 is 4.42 Å². The predicted molar refractivity (Wildman–Crippen MR) is 42.3 cm³/mol. The van der Waals surface area contributed by atoms with Crippen LogP contribution in [0.2, 0.25) is 0 Å². The molecule has 2 aromatic rings. The van der Waals surface area contributed by atoms with Crippen molar-refractivity contribution in [1.29, 1.82) is 0 Å². The molecule has 0 saturated carbocycles. The van der Waals surface area contributed by atoms with Gasteiger partial charge in [0, 0.05) is 18.5 Å². The normalized spacial score (nSPS) is 10.3. The monoisotopic (exact) mass is 166 g/mol. The molecule has 0 unspecified atom stereocenters. The maximum atomic E-state index is 5.04. The Morgan fingerprint density at radius 1 is 1.55 bits per heavy atom. The van der Waals surface area contributed by atoms with Crippen molar-refractivity contribution < 1.29 is 4.42 Å². The predicted octanol–water partition coefficient (Wildman–Crippen LogP) is 2.11. The summed E-state index contributed by atoms with van der Waals surface area (Å²) in [6.07, 6.45) is 3.37.